The molecular weight excluding hydrogens is 334 g/mol. The van der Waals surface area contributed by atoms with Crippen LogP contribution in [0.1, 0.15) is 19.3 Å². The Morgan fingerprint density at radius 1 is 0.962 bits per heavy atom. The maximum absolute atomic E-state index is 12.3. The highest BCUT2D eigenvalue weighted by Gasteiger charge is 2.20. The van der Waals surface area contributed by atoms with Gasteiger partial charge in [-0.3, -0.25) is 4.79 Å². The summed E-state index contributed by atoms with van der Waals surface area (Å²) in [5.41, 5.74) is 2.03. The van der Waals surface area contributed by atoms with E-state index in [1.165, 1.54) is 0 Å². The first-order chi connectivity index (χ1) is 12.7. The van der Waals surface area contributed by atoms with E-state index in [1.807, 2.05) is 18.2 Å². The number of urea groups is 1. The molecule has 7 heteroatoms. The SMILES string of the molecule is O=C(Nc1cccc(N2CCCCC2=O)c1)Nc1ccc2c(c1)OCO2. The summed E-state index contributed by atoms with van der Waals surface area (Å²) >= 11 is 0. The van der Waals surface area contributed by atoms with Crippen molar-refractivity contribution in [1.29, 1.82) is 0 Å². The van der Waals surface area contributed by atoms with Crippen LogP contribution < -0.4 is 25.0 Å². The predicted molar refractivity (Wildman–Crippen MR) is 97.9 cm³/mol. The third kappa shape index (κ3) is 3.42. The summed E-state index contributed by atoms with van der Waals surface area (Å²) in [7, 11) is 0. The minimum Gasteiger partial charge on any atom is -0.454 e. The Labute approximate surface area is 150 Å². The van der Waals surface area contributed by atoms with E-state index >= 15 is 0 Å². The minimum atomic E-state index is -0.369. The second kappa shape index (κ2) is 6.95. The van der Waals surface area contributed by atoms with Gasteiger partial charge in [-0.1, -0.05) is 6.07 Å². The molecule has 2 aromatic carbocycles. The number of rotatable bonds is 3. The van der Waals surface area contributed by atoms with Crippen molar-refractivity contribution < 1.29 is 19.1 Å². The van der Waals surface area contributed by atoms with Gasteiger partial charge in [0.05, 0.1) is 0 Å². The Morgan fingerprint density at radius 3 is 2.62 bits per heavy atom. The monoisotopic (exact) mass is 353 g/mol. The number of carbonyl (C=O) groups excluding carboxylic acids is 2. The summed E-state index contributed by atoms with van der Waals surface area (Å²) in [6, 6.07) is 12.1. The highest BCUT2D eigenvalue weighted by Crippen LogP contribution is 2.34. The van der Waals surface area contributed by atoms with Gasteiger partial charge in [0, 0.05) is 36.1 Å². The Hall–Kier alpha value is -3.22. The first-order valence-corrected chi connectivity index (χ1v) is 8.57. The molecule has 2 heterocycles. The quantitative estimate of drug-likeness (QED) is 0.884. The van der Waals surface area contributed by atoms with Gasteiger partial charge < -0.3 is 25.0 Å². The van der Waals surface area contributed by atoms with Crippen LogP contribution in [-0.2, 0) is 4.79 Å². The molecule has 2 N–H and O–H groups in total. The van der Waals surface area contributed by atoms with Gasteiger partial charge in [0.2, 0.25) is 12.7 Å². The van der Waals surface area contributed by atoms with E-state index in [1.54, 1.807) is 29.2 Å². The number of benzene rings is 2. The lowest BCUT2D eigenvalue weighted by molar-refractivity contribution is -0.119. The van der Waals surface area contributed by atoms with Crippen LogP contribution in [0.3, 0.4) is 0 Å². The number of anilines is 3. The molecule has 0 atom stereocenters. The Balaban J connectivity index is 1.43. The smallest absolute Gasteiger partial charge is 0.323 e. The Morgan fingerprint density at radius 2 is 1.77 bits per heavy atom. The fraction of sp³-hybridized carbons (Fsp3) is 0.263. The molecule has 0 saturated carbocycles. The summed E-state index contributed by atoms with van der Waals surface area (Å²) in [4.78, 5) is 26.1. The maximum Gasteiger partial charge on any atom is 0.323 e. The molecule has 2 aliphatic heterocycles. The van der Waals surface area contributed by atoms with Crippen LogP contribution >= 0.6 is 0 Å². The van der Waals surface area contributed by atoms with Crippen LogP contribution in [-0.4, -0.2) is 25.3 Å². The second-order valence-electron chi connectivity index (χ2n) is 6.20. The molecule has 3 amide bonds. The van der Waals surface area contributed by atoms with Crippen molar-refractivity contribution in [3.8, 4) is 11.5 Å². The lowest BCUT2D eigenvalue weighted by atomic mass is 10.1. The van der Waals surface area contributed by atoms with E-state index in [9.17, 15) is 9.59 Å². The van der Waals surface area contributed by atoms with Gasteiger partial charge in [0.25, 0.3) is 0 Å². The molecule has 0 unspecified atom stereocenters. The number of ether oxygens (including phenoxy) is 2. The third-order valence-corrected chi connectivity index (χ3v) is 4.37. The number of fused-ring (bicyclic) bond motifs is 1. The number of nitrogens with zero attached hydrogens (tertiary/aromatic N) is 1. The third-order valence-electron chi connectivity index (χ3n) is 4.37. The highest BCUT2D eigenvalue weighted by atomic mass is 16.7. The van der Waals surface area contributed by atoms with Crippen LogP contribution in [0.2, 0.25) is 0 Å². The molecule has 0 bridgehead atoms. The number of hydrogen-bond acceptors (Lipinski definition) is 4. The first kappa shape index (κ1) is 16.3. The average molecular weight is 353 g/mol. The minimum absolute atomic E-state index is 0.123. The van der Waals surface area contributed by atoms with Crippen molar-refractivity contribution in [2.75, 3.05) is 28.9 Å². The zero-order valence-electron chi connectivity index (χ0n) is 14.2. The van der Waals surface area contributed by atoms with Gasteiger partial charge in [0.1, 0.15) is 0 Å². The van der Waals surface area contributed by atoms with Crippen molar-refractivity contribution in [2.24, 2.45) is 0 Å². The number of amides is 3. The van der Waals surface area contributed by atoms with E-state index in [0.717, 1.165) is 18.5 Å². The normalized spacial score (nSPS) is 15.7. The van der Waals surface area contributed by atoms with Gasteiger partial charge >= 0.3 is 6.03 Å². The molecule has 4 rings (SSSR count). The van der Waals surface area contributed by atoms with E-state index < -0.39 is 0 Å². The number of hydrogen-bond donors (Lipinski definition) is 2. The topological polar surface area (TPSA) is 79.9 Å². The van der Waals surface area contributed by atoms with Gasteiger partial charge in [-0.05, 0) is 43.2 Å². The molecule has 0 aromatic heterocycles. The Bertz CT molecular complexity index is 852. The largest absolute Gasteiger partial charge is 0.454 e. The van der Waals surface area contributed by atoms with Crippen LogP contribution in [0.15, 0.2) is 42.5 Å². The standard InChI is InChI=1S/C19H19N3O4/c23-18-6-1-2-9-22(18)15-5-3-4-13(10-15)20-19(24)21-14-7-8-16-17(11-14)26-12-25-16/h3-5,7-8,10-11H,1-2,6,9,12H2,(H2,20,21,24). The molecule has 0 aliphatic carbocycles. The molecule has 7 nitrogen and oxygen atoms in total. The molecule has 2 aliphatic rings. The van der Waals surface area contributed by atoms with Gasteiger partial charge in [0.15, 0.2) is 11.5 Å². The zero-order valence-corrected chi connectivity index (χ0v) is 14.2. The molecule has 0 spiro atoms. The summed E-state index contributed by atoms with van der Waals surface area (Å²) < 4.78 is 10.6. The van der Waals surface area contributed by atoms with Crippen molar-refractivity contribution in [3.63, 3.8) is 0 Å². The van der Waals surface area contributed by atoms with E-state index in [-0.39, 0.29) is 18.7 Å². The van der Waals surface area contributed by atoms with Crippen LogP contribution in [0.5, 0.6) is 11.5 Å². The van der Waals surface area contributed by atoms with Gasteiger partial charge in [-0.25, -0.2) is 4.79 Å². The van der Waals surface area contributed by atoms with Crippen molar-refractivity contribution in [1.82, 2.24) is 0 Å². The number of nitrogens with one attached hydrogen (secondary N) is 2. The molecule has 1 fully saturated rings. The maximum atomic E-state index is 12.3. The van der Waals surface area contributed by atoms with E-state index in [2.05, 4.69) is 10.6 Å². The molecule has 134 valence electrons. The molecule has 26 heavy (non-hydrogen) atoms. The summed E-state index contributed by atoms with van der Waals surface area (Å²) in [5, 5.41) is 5.55. The van der Waals surface area contributed by atoms with Crippen LogP contribution in [0.25, 0.3) is 0 Å². The van der Waals surface area contributed by atoms with Gasteiger partial charge in [-0.2, -0.15) is 0 Å². The summed E-state index contributed by atoms with van der Waals surface area (Å²) in [6.07, 6.45) is 2.50. The fourth-order valence-electron chi connectivity index (χ4n) is 3.10. The average Bonchev–Trinajstić information content (AvgIpc) is 3.10. The Kier molecular flexibility index (Phi) is 4.35. The fourth-order valence-corrected chi connectivity index (χ4v) is 3.10. The zero-order chi connectivity index (χ0) is 17.9. The van der Waals surface area contributed by atoms with Crippen molar-refractivity contribution in [2.45, 2.75) is 19.3 Å². The van der Waals surface area contributed by atoms with Gasteiger partial charge in [-0.15, -0.1) is 0 Å². The lowest BCUT2D eigenvalue weighted by Gasteiger charge is -2.27. The predicted octanol–water partition coefficient (Wildman–Crippen LogP) is 3.58. The molecule has 0 radical (unpaired) electrons. The molecule has 1 saturated heterocycles. The number of carbonyl (C=O) groups is 2. The van der Waals surface area contributed by atoms with Crippen molar-refractivity contribution in [3.05, 3.63) is 42.5 Å². The molecular formula is C19H19N3O4. The van der Waals surface area contributed by atoms with Crippen LogP contribution in [0.4, 0.5) is 21.9 Å². The summed E-state index contributed by atoms with van der Waals surface area (Å²) in [5.74, 6) is 1.39. The van der Waals surface area contributed by atoms with E-state index in [0.29, 0.717) is 35.8 Å². The first-order valence-electron chi connectivity index (χ1n) is 8.57. The summed E-state index contributed by atoms with van der Waals surface area (Å²) in [6.45, 7) is 0.901. The van der Waals surface area contributed by atoms with Crippen molar-refractivity contribution >= 4 is 29.0 Å². The van der Waals surface area contributed by atoms with E-state index in [4.69, 9.17) is 9.47 Å². The molecule has 2 aromatic rings. The highest BCUT2D eigenvalue weighted by molar-refractivity contribution is 6.01. The number of piperidine rings is 1. The van der Waals surface area contributed by atoms with Crippen LogP contribution in [0, 0.1) is 0 Å². The lowest BCUT2D eigenvalue weighted by Crippen LogP contribution is -2.35. The second-order valence-corrected chi connectivity index (χ2v) is 6.20.